The highest BCUT2D eigenvalue weighted by molar-refractivity contribution is 9.10. The minimum absolute atomic E-state index is 0.0492. The van der Waals surface area contributed by atoms with E-state index in [0.717, 1.165) is 22.4 Å². The van der Waals surface area contributed by atoms with Crippen LogP contribution in [-0.2, 0) is 16.1 Å². The van der Waals surface area contributed by atoms with Crippen molar-refractivity contribution in [2.24, 2.45) is 0 Å². The fourth-order valence-corrected chi connectivity index (χ4v) is 4.05. The molecule has 3 rings (SSSR count). The summed E-state index contributed by atoms with van der Waals surface area (Å²) in [6.07, 6.45) is 1.48. The molecule has 0 radical (unpaired) electrons. The van der Waals surface area contributed by atoms with Crippen molar-refractivity contribution >= 4 is 39.5 Å². The molecule has 2 N–H and O–H groups in total. The Kier molecular flexibility index (Phi) is 9.87. The lowest BCUT2D eigenvalue weighted by Gasteiger charge is -2.15. The van der Waals surface area contributed by atoms with Crippen molar-refractivity contribution in [2.45, 2.75) is 27.3 Å². The van der Waals surface area contributed by atoms with Crippen LogP contribution in [0.5, 0.6) is 11.5 Å². The van der Waals surface area contributed by atoms with Crippen molar-refractivity contribution in [3.05, 3.63) is 93.0 Å². The number of hydrogen-bond acceptors (Lipinski definition) is 5. The quantitative estimate of drug-likeness (QED) is 0.244. The van der Waals surface area contributed by atoms with Crippen LogP contribution in [0.4, 0.5) is 5.69 Å². The number of nitrogens with zero attached hydrogens (tertiary/aromatic N) is 1. The van der Waals surface area contributed by atoms with Gasteiger partial charge in [0.05, 0.1) is 11.1 Å². The van der Waals surface area contributed by atoms with E-state index in [0.29, 0.717) is 34.7 Å². The number of anilines is 1. The van der Waals surface area contributed by atoms with Crippen molar-refractivity contribution in [3.8, 4) is 17.6 Å². The molecule has 0 aromatic heterocycles. The molecule has 2 amide bonds. The molecule has 0 aliphatic heterocycles. The largest absolute Gasteiger partial charge is 0.490 e. The fourth-order valence-electron chi connectivity index (χ4n) is 3.47. The van der Waals surface area contributed by atoms with Crippen LogP contribution in [0.25, 0.3) is 6.08 Å². The van der Waals surface area contributed by atoms with E-state index in [1.54, 1.807) is 12.1 Å². The summed E-state index contributed by atoms with van der Waals surface area (Å²) >= 11 is 3.47. The smallest absolute Gasteiger partial charge is 0.262 e. The van der Waals surface area contributed by atoms with Gasteiger partial charge in [0.1, 0.15) is 11.6 Å². The van der Waals surface area contributed by atoms with E-state index in [-0.39, 0.29) is 18.1 Å². The van der Waals surface area contributed by atoms with Crippen LogP contribution in [0, 0.1) is 25.2 Å². The number of amides is 2. The molecule has 0 saturated carbocycles. The van der Waals surface area contributed by atoms with E-state index in [1.165, 1.54) is 6.08 Å². The molecule has 0 spiro atoms. The molecule has 0 fully saturated rings. The highest BCUT2D eigenvalue weighted by atomic mass is 79.9. The number of carbonyl (C=O) groups excluding carboxylic acids is 2. The Morgan fingerprint density at radius 1 is 1.05 bits per heavy atom. The van der Waals surface area contributed by atoms with Gasteiger partial charge in [0.25, 0.3) is 11.8 Å². The lowest BCUT2D eigenvalue weighted by molar-refractivity contribution is -0.118. The maximum atomic E-state index is 12.6. The number of rotatable bonds is 10. The van der Waals surface area contributed by atoms with Crippen LogP contribution >= 0.6 is 15.9 Å². The molecule has 8 heteroatoms. The fraction of sp³-hybridized carbons (Fsp3) is 0.207. The second kappa shape index (κ2) is 13.3. The van der Waals surface area contributed by atoms with Crippen LogP contribution in [0.3, 0.4) is 0 Å². The zero-order valence-corrected chi connectivity index (χ0v) is 22.5. The zero-order valence-electron chi connectivity index (χ0n) is 20.9. The summed E-state index contributed by atoms with van der Waals surface area (Å²) in [6.45, 7) is 6.18. The maximum Gasteiger partial charge on any atom is 0.262 e. The van der Waals surface area contributed by atoms with Crippen molar-refractivity contribution in [1.82, 2.24) is 5.32 Å². The van der Waals surface area contributed by atoms with Gasteiger partial charge in [0.2, 0.25) is 0 Å². The first-order valence-electron chi connectivity index (χ1n) is 11.7. The Hall–Kier alpha value is -4.09. The average molecular weight is 562 g/mol. The Bertz CT molecular complexity index is 1350. The van der Waals surface area contributed by atoms with Crippen LogP contribution in [0.15, 0.2) is 70.7 Å². The summed E-state index contributed by atoms with van der Waals surface area (Å²) in [4.78, 5) is 25.1. The predicted octanol–water partition coefficient (Wildman–Crippen LogP) is 5.71. The normalized spacial score (nSPS) is 10.8. The van der Waals surface area contributed by atoms with Crippen LogP contribution in [-0.4, -0.2) is 25.0 Å². The molecule has 0 heterocycles. The van der Waals surface area contributed by atoms with Crippen molar-refractivity contribution < 1.29 is 19.1 Å². The van der Waals surface area contributed by atoms with Gasteiger partial charge in [0.15, 0.2) is 18.1 Å². The lowest BCUT2D eigenvalue weighted by atomic mass is 10.1. The molecule has 190 valence electrons. The monoisotopic (exact) mass is 561 g/mol. The van der Waals surface area contributed by atoms with Gasteiger partial charge in [-0.15, -0.1) is 0 Å². The minimum Gasteiger partial charge on any atom is -0.490 e. The molecule has 0 saturated heterocycles. The van der Waals surface area contributed by atoms with E-state index in [1.807, 2.05) is 75.4 Å². The summed E-state index contributed by atoms with van der Waals surface area (Å²) in [7, 11) is 0. The molecule has 0 atom stereocenters. The average Bonchev–Trinajstić information content (AvgIpc) is 2.89. The van der Waals surface area contributed by atoms with Crippen LogP contribution in [0.2, 0.25) is 0 Å². The highest BCUT2D eigenvalue weighted by Crippen LogP contribution is 2.37. The molecule has 3 aromatic rings. The van der Waals surface area contributed by atoms with E-state index in [9.17, 15) is 14.9 Å². The first-order chi connectivity index (χ1) is 17.8. The molecule has 37 heavy (non-hydrogen) atoms. The van der Waals surface area contributed by atoms with Crippen molar-refractivity contribution in [1.29, 1.82) is 5.26 Å². The van der Waals surface area contributed by atoms with E-state index < -0.39 is 5.91 Å². The van der Waals surface area contributed by atoms with Crippen LogP contribution in [0.1, 0.15) is 29.2 Å². The number of aryl methyl sites for hydroxylation is 1. The highest BCUT2D eigenvalue weighted by Gasteiger charge is 2.16. The minimum atomic E-state index is -0.483. The van der Waals surface area contributed by atoms with Gasteiger partial charge in [-0.05, 0) is 83.2 Å². The number of nitriles is 1. The molecule has 3 aromatic carbocycles. The van der Waals surface area contributed by atoms with E-state index in [2.05, 4.69) is 26.6 Å². The van der Waals surface area contributed by atoms with Crippen molar-refractivity contribution in [2.75, 3.05) is 18.5 Å². The van der Waals surface area contributed by atoms with Crippen LogP contribution < -0.4 is 20.1 Å². The van der Waals surface area contributed by atoms with E-state index >= 15 is 0 Å². The molecule has 0 aliphatic carbocycles. The predicted molar refractivity (Wildman–Crippen MR) is 147 cm³/mol. The third kappa shape index (κ3) is 7.69. The summed E-state index contributed by atoms with van der Waals surface area (Å²) in [6, 6.07) is 20.4. The van der Waals surface area contributed by atoms with E-state index in [4.69, 9.17) is 9.47 Å². The molecule has 0 aliphatic rings. The number of ether oxygens (including phenoxy) is 2. The first kappa shape index (κ1) is 27.5. The Morgan fingerprint density at radius 2 is 1.81 bits per heavy atom. The third-order valence-electron chi connectivity index (χ3n) is 5.53. The van der Waals surface area contributed by atoms with Gasteiger partial charge in [-0.3, -0.25) is 9.59 Å². The first-order valence-corrected chi connectivity index (χ1v) is 12.5. The van der Waals surface area contributed by atoms with Gasteiger partial charge in [-0.2, -0.15) is 5.26 Å². The molecular formula is C29H28BrN3O4. The number of carbonyl (C=O) groups is 2. The second-order valence-corrected chi connectivity index (χ2v) is 9.04. The Labute approximate surface area is 225 Å². The number of hydrogen-bond donors (Lipinski definition) is 2. The third-order valence-corrected chi connectivity index (χ3v) is 6.12. The lowest BCUT2D eigenvalue weighted by Crippen LogP contribution is -2.23. The molecule has 0 unspecified atom stereocenters. The summed E-state index contributed by atoms with van der Waals surface area (Å²) in [5, 5.41) is 15.2. The summed E-state index contributed by atoms with van der Waals surface area (Å²) in [5.41, 5.74) is 4.24. The summed E-state index contributed by atoms with van der Waals surface area (Å²) < 4.78 is 12.0. The standard InChI is InChI=1S/C29H28BrN3O4/c1-4-36-26-15-22(13-23(16-31)29(35)32-17-21-10-6-5-7-11-21)14-24(30)28(26)37-18-27(34)33-25-12-8-9-19(2)20(25)3/h5-15H,4,17-18H2,1-3H3,(H,32,35)(H,33,34)/b23-13+. The SMILES string of the molecule is CCOc1cc(/C=C(\C#N)C(=O)NCc2ccccc2)cc(Br)c1OCC(=O)Nc1cccc(C)c1C. The summed E-state index contributed by atoms with van der Waals surface area (Å²) in [5.74, 6) is -0.0652. The van der Waals surface area contributed by atoms with Gasteiger partial charge >= 0.3 is 0 Å². The number of halogens is 1. The second-order valence-electron chi connectivity index (χ2n) is 8.19. The van der Waals surface area contributed by atoms with Crippen molar-refractivity contribution in [3.63, 3.8) is 0 Å². The topological polar surface area (TPSA) is 100 Å². The van der Waals surface area contributed by atoms with Gasteiger partial charge in [-0.25, -0.2) is 0 Å². The molecular weight excluding hydrogens is 534 g/mol. The Balaban J connectivity index is 1.74. The number of nitrogens with one attached hydrogen (secondary N) is 2. The van der Waals surface area contributed by atoms with Gasteiger partial charge in [0, 0.05) is 12.2 Å². The molecule has 7 nitrogen and oxygen atoms in total. The molecule has 0 bridgehead atoms. The van der Waals surface area contributed by atoms with Gasteiger partial charge in [-0.1, -0.05) is 42.5 Å². The number of benzene rings is 3. The zero-order chi connectivity index (χ0) is 26.8. The Morgan fingerprint density at radius 3 is 2.51 bits per heavy atom. The maximum absolute atomic E-state index is 12.6. The van der Waals surface area contributed by atoms with Gasteiger partial charge < -0.3 is 20.1 Å².